The number of nitro groups is 1. The highest BCUT2D eigenvalue weighted by molar-refractivity contribution is 5.90. The third-order valence-electron chi connectivity index (χ3n) is 4.82. The molecule has 3 atom stereocenters. The number of esters is 1. The first-order valence-electron chi connectivity index (χ1n) is 11.3. The van der Waals surface area contributed by atoms with Crippen molar-refractivity contribution in [3.05, 3.63) is 52.6 Å². The Bertz CT molecular complexity index is 880. The number of rotatable bonds is 13. The van der Waals surface area contributed by atoms with Crippen LogP contribution in [0.5, 0.6) is 0 Å². The van der Waals surface area contributed by atoms with Crippen molar-refractivity contribution in [2.75, 3.05) is 13.2 Å². The summed E-state index contributed by atoms with van der Waals surface area (Å²) < 4.78 is 15.9. The summed E-state index contributed by atoms with van der Waals surface area (Å²) in [6.45, 7) is 12.0. The highest BCUT2D eigenvalue weighted by atomic mass is 16.6. The molecule has 0 aliphatic rings. The van der Waals surface area contributed by atoms with Gasteiger partial charge in [-0.2, -0.15) is 0 Å². The average molecular weight is 494 g/mol. The Morgan fingerprint density at radius 1 is 1.17 bits per heavy atom. The number of amides is 2. The fourth-order valence-electron chi connectivity index (χ4n) is 2.80. The average Bonchev–Trinajstić information content (AvgIpc) is 2.78. The van der Waals surface area contributed by atoms with Crippen LogP contribution >= 0.6 is 0 Å². The van der Waals surface area contributed by atoms with E-state index in [2.05, 4.69) is 17.2 Å². The van der Waals surface area contributed by atoms with E-state index >= 15 is 0 Å². The number of nitro benzene ring substituents is 1. The van der Waals surface area contributed by atoms with Crippen molar-refractivity contribution in [2.45, 2.75) is 65.3 Å². The van der Waals surface area contributed by atoms with E-state index in [4.69, 9.17) is 14.2 Å². The molecule has 11 heteroatoms. The van der Waals surface area contributed by atoms with E-state index < -0.39 is 40.6 Å². The van der Waals surface area contributed by atoms with Crippen LogP contribution in [0.15, 0.2) is 36.9 Å². The van der Waals surface area contributed by atoms with E-state index in [1.807, 2.05) is 6.92 Å². The number of carbonyl (C=O) groups excluding carboxylic acids is 3. The molecular formula is C24H35N3O8. The van der Waals surface area contributed by atoms with Gasteiger partial charge in [0.15, 0.2) is 0 Å². The number of ether oxygens (including phenoxy) is 3. The Labute approximate surface area is 205 Å². The van der Waals surface area contributed by atoms with E-state index in [-0.39, 0.29) is 31.4 Å². The molecule has 0 saturated heterocycles. The van der Waals surface area contributed by atoms with Crippen LogP contribution < -0.4 is 10.6 Å². The number of hydrogen-bond donors (Lipinski definition) is 2. The summed E-state index contributed by atoms with van der Waals surface area (Å²) in [7, 11) is 0. The van der Waals surface area contributed by atoms with E-state index in [9.17, 15) is 24.5 Å². The second kappa shape index (κ2) is 14.1. The molecule has 11 nitrogen and oxygen atoms in total. The lowest BCUT2D eigenvalue weighted by Crippen LogP contribution is -2.55. The summed E-state index contributed by atoms with van der Waals surface area (Å²) >= 11 is 0. The van der Waals surface area contributed by atoms with Crippen LogP contribution in [0.3, 0.4) is 0 Å². The largest absolute Gasteiger partial charge is 0.460 e. The number of nitrogens with zero attached hydrogens (tertiary/aromatic N) is 1. The third-order valence-corrected chi connectivity index (χ3v) is 4.82. The van der Waals surface area contributed by atoms with Gasteiger partial charge in [-0.05, 0) is 44.4 Å². The topological polar surface area (TPSA) is 146 Å². The van der Waals surface area contributed by atoms with E-state index in [1.54, 1.807) is 27.7 Å². The van der Waals surface area contributed by atoms with Crippen molar-refractivity contribution in [2.24, 2.45) is 5.92 Å². The van der Waals surface area contributed by atoms with Gasteiger partial charge < -0.3 is 24.8 Å². The van der Waals surface area contributed by atoms with E-state index in [0.29, 0.717) is 12.0 Å². The van der Waals surface area contributed by atoms with Crippen LogP contribution in [-0.4, -0.2) is 53.8 Å². The van der Waals surface area contributed by atoms with Crippen molar-refractivity contribution in [1.29, 1.82) is 0 Å². The molecule has 0 radical (unpaired) electrons. The molecular weight excluding hydrogens is 458 g/mol. The SMILES string of the molecule is C=CCOC(=O)[C@@H](NC(=O)[C@H](COCc1ccc([N+](=O)[O-])cc1)NC(=O)OC(C)(C)C)[C@@H](C)CC. The highest BCUT2D eigenvalue weighted by Crippen LogP contribution is 2.14. The highest BCUT2D eigenvalue weighted by Gasteiger charge is 2.32. The molecule has 2 N–H and O–H groups in total. The molecule has 0 unspecified atom stereocenters. The van der Waals surface area contributed by atoms with Crippen LogP contribution in [0.2, 0.25) is 0 Å². The third kappa shape index (κ3) is 11.0. The minimum Gasteiger partial charge on any atom is -0.460 e. The van der Waals surface area contributed by atoms with Crippen molar-refractivity contribution in [3.63, 3.8) is 0 Å². The minimum atomic E-state index is -1.18. The molecule has 0 fully saturated rings. The van der Waals surface area contributed by atoms with Gasteiger partial charge in [-0.25, -0.2) is 9.59 Å². The van der Waals surface area contributed by atoms with Crippen molar-refractivity contribution < 1.29 is 33.5 Å². The standard InChI is InChI=1S/C24H35N3O8/c1-7-13-34-22(29)20(16(3)8-2)26-21(28)19(25-23(30)35-24(4,5)6)15-33-14-17-9-11-18(12-10-17)27(31)32/h7,9-12,16,19-20H,1,8,13-15H2,2-6H3,(H,25,30)(H,26,28)/t16-,19-,20-/m0/s1. The smallest absolute Gasteiger partial charge is 0.408 e. The summed E-state index contributed by atoms with van der Waals surface area (Å²) in [5.74, 6) is -1.50. The predicted octanol–water partition coefficient (Wildman–Crippen LogP) is 3.26. The molecule has 0 aliphatic carbocycles. The Hall–Kier alpha value is -3.47. The Kier molecular flexibility index (Phi) is 11.9. The van der Waals surface area contributed by atoms with Crippen molar-refractivity contribution in [1.82, 2.24) is 10.6 Å². The maximum Gasteiger partial charge on any atom is 0.408 e. The molecule has 194 valence electrons. The predicted molar refractivity (Wildman–Crippen MR) is 128 cm³/mol. The zero-order chi connectivity index (χ0) is 26.6. The second-order valence-electron chi connectivity index (χ2n) is 8.93. The summed E-state index contributed by atoms with van der Waals surface area (Å²) in [4.78, 5) is 48.1. The summed E-state index contributed by atoms with van der Waals surface area (Å²) in [6, 6.07) is 3.62. The van der Waals surface area contributed by atoms with Gasteiger partial charge in [0.1, 0.15) is 24.3 Å². The normalized spacial score (nSPS) is 13.6. The fourth-order valence-corrected chi connectivity index (χ4v) is 2.80. The first-order chi connectivity index (χ1) is 16.4. The van der Waals surface area contributed by atoms with Gasteiger partial charge in [0.2, 0.25) is 5.91 Å². The molecule has 35 heavy (non-hydrogen) atoms. The number of alkyl carbamates (subject to hydrolysis) is 1. The lowest BCUT2D eigenvalue weighted by molar-refractivity contribution is -0.384. The Morgan fingerprint density at radius 2 is 1.80 bits per heavy atom. The second-order valence-corrected chi connectivity index (χ2v) is 8.93. The van der Waals surface area contributed by atoms with Gasteiger partial charge in [-0.1, -0.05) is 32.9 Å². The number of hydrogen-bond acceptors (Lipinski definition) is 8. The maximum atomic E-state index is 13.1. The van der Waals surface area contributed by atoms with Gasteiger partial charge in [0.25, 0.3) is 5.69 Å². The summed E-state index contributed by atoms with van der Waals surface area (Å²) in [5.41, 5.74) is -0.215. The number of non-ortho nitro benzene ring substituents is 1. The molecule has 2 amide bonds. The Morgan fingerprint density at radius 3 is 2.31 bits per heavy atom. The molecule has 0 bridgehead atoms. The molecule has 0 aliphatic heterocycles. The van der Waals surface area contributed by atoms with Gasteiger partial charge in [0.05, 0.1) is 18.1 Å². The summed E-state index contributed by atoms with van der Waals surface area (Å²) in [6.07, 6.45) is 1.19. The van der Waals surface area contributed by atoms with Crippen molar-refractivity contribution in [3.8, 4) is 0 Å². The first-order valence-corrected chi connectivity index (χ1v) is 11.3. The van der Waals surface area contributed by atoms with Crippen molar-refractivity contribution >= 4 is 23.7 Å². The molecule has 0 spiro atoms. The van der Waals surface area contributed by atoms with Crippen LogP contribution in [0, 0.1) is 16.0 Å². The summed E-state index contributed by atoms with van der Waals surface area (Å²) in [5, 5.41) is 15.9. The van der Waals surface area contributed by atoms with E-state index in [0.717, 1.165) is 0 Å². The molecule has 0 aromatic heterocycles. The zero-order valence-corrected chi connectivity index (χ0v) is 20.9. The number of carbonyl (C=O) groups is 3. The van der Waals surface area contributed by atoms with Gasteiger partial charge in [0, 0.05) is 12.1 Å². The van der Waals surface area contributed by atoms with Crippen LogP contribution in [0.25, 0.3) is 0 Å². The number of nitrogens with one attached hydrogen (secondary N) is 2. The van der Waals surface area contributed by atoms with Gasteiger partial charge in [-0.3, -0.25) is 14.9 Å². The number of benzene rings is 1. The lowest BCUT2D eigenvalue weighted by Gasteiger charge is -2.26. The zero-order valence-electron chi connectivity index (χ0n) is 20.9. The van der Waals surface area contributed by atoms with Crippen LogP contribution in [-0.2, 0) is 30.4 Å². The molecule has 0 saturated carbocycles. The van der Waals surface area contributed by atoms with Crippen LogP contribution in [0.1, 0.15) is 46.6 Å². The Balaban J connectivity index is 2.94. The maximum absolute atomic E-state index is 13.1. The molecule has 0 heterocycles. The van der Waals surface area contributed by atoms with Gasteiger partial charge >= 0.3 is 12.1 Å². The first kappa shape index (κ1) is 29.6. The monoisotopic (exact) mass is 493 g/mol. The lowest BCUT2D eigenvalue weighted by atomic mass is 9.99. The van der Waals surface area contributed by atoms with Crippen LogP contribution in [0.4, 0.5) is 10.5 Å². The van der Waals surface area contributed by atoms with E-state index in [1.165, 1.54) is 30.3 Å². The quantitative estimate of drug-likeness (QED) is 0.184. The minimum absolute atomic E-state index is 0.000423. The fraction of sp³-hybridized carbons (Fsp3) is 0.542. The van der Waals surface area contributed by atoms with Gasteiger partial charge in [-0.15, -0.1) is 0 Å². The molecule has 1 aromatic carbocycles. The molecule has 1 aromatic rings. The molecule has 1 rings (SSSR count).